The molecule has 0 saturated heterocycles. The summed E-state index contributed by atoms with van der Waals surface area (Å²) in [5, 5.41) is 0. The average molecular weight is 543 g/mol. The van der Waals surface area contributed by atoms with Crippen LogP contribution in [0.3, 0.4) is 0 Å². The minimum absolute atomic E-state index is 0.795. The lowest BCUT2D eigenvalue weighted by Crippen LogP contribution is -1.97. The quantitative estimate of drug-likeness (QED) is 0.126. The minimum Gasteiger partial charge on any atom is -0.494 e. The molecule has 40 heavy (non-hydrogen) atoms. The van der Waals surface area contributed by atoms with Crippen LogP contribution in [0.15, 0.2) is 60.9 Å². The molecule has 0 aliphatic carbocycles. The number of aryl methyl sites for hydroxylation is 1. The molecule has 3 heteroatoms. The maximum Gasteiger partial charge on any atom is 0.159 e. The zero-order chi connectivity index (χ0) is 28.3. The first-order valence-electron chi connectivity index (χ1n) is 16.3. The van der Waals surface area contributed by atoms with Gasteiger partial charge in [-0.2, -0.15) is 0 Å². The molecule has 0 amide bonds. The van der Waals surface area contributed by atoms with E-state index in [0.717, 1.165) is 42.5 Å². The molecule has 0 radical (unpaired) electrons. The van der Waals surface area contributed by atoms with Crippen LogP contribution in [-0.4, -0.2) is 16.6 Å². The fourth-order valence-corrected chi connectivity index (χ4v) is 5.17. The van der Waals surface area contributed by atoms with Crippen LogP contribution in [0.4, 0.5) is 0 Å². The van der Waals surface area contributed by atoms with Crippen LogP contribution in [0.1, 0.15) is 123 Å². The molecule has 3 nitrogen and oxygen atoms in total. The van der Waals surface area contributed by atoms with Gasteiger partial charge < -0.3 is 4.74 Å². The molecular formula is C37H54N2O. The maximum atomic E-state index is 5.98. The summed E-state index contributed by atoms with van der Waals surface area (Å²) in [6.07, 6.45) is 25.0. The molecule has 0 unspecified atom stereocenters. The van der Waals surface area contributed by atoms with Crippen LogP contribution in [-0.2, 0) is 6.42 Å². The Morgan fingerprint density at radius 2 is 1.12 bits per heavy atom. The zero-order valence-corrected chi connectivity index (χ0v) is 25.7. The van der Waals surface area contributed by atoms with E-state index in [-0.39, 0.29) is 0 Å². The van der Waals surface area contributed by atoms with Crippen molar-refractivity contribution in [1.82, 2.24) is 9.97 Å². The Balaban J connectivity index is 1.35. The van der Waals surface area contributed by atoms with Gasteiger partial charge in [0.05, 0.1) is 6.61 Å². The molecule has 1 atom stereocenters. The summed E-state index contributed by atoms with van der Waals surface area (Å²) in [7, 11) is 0. The number of benzene rings is 2. The summed E-state index contributed by atoms with van der Waals surface area (Å²) in [6, 6.07) is 17.0. The molecule has 2 aromatic carbocycles. The minimum atomic E-state index is 0.795. The lowest BCUT2D eigenvalue weighted by Gasteiger charge is -2.08. The fourth-order valence-electron chi connectivity index (χ4n) is 5.17. The number of ether oxygens (including phenoxy) is 1. The Hall–Kier alpha value is -2.68. The van der Waals surface area contributed by atoms with Crippen molar-refractivity contribution in [2.24, 2.45) is 5.92 Å². The van der Waals surface area contributed by atoms with E-state index in [9.17, 15) is 0 Å². The van der Waals surface area contributed by atoms with Crippen molar-refractivity contribution in [3.8, 4) is 28.3 Å². The van der Waals surface area contributed by atoms with Crippen LogP contribution in [0.2, 0.25) is 0 Å². The molecule has 0 fully saturated rings. The molecule has 3 rings (SSSR count). The summed E-state index contributed by atoms with van der Waals surface area (Å²) in [6.45, 7) is 7.73. The smallest absolute Gasteiger partial charge is 0.159 e. The van der Waals surface area contributed by atoms with Crippen LogP contribution in [0.25, 0.3) is 22.5 Å². The van der Waals surface area contributed by atoms with E-state index in [0.29, 0.717) is 0 Å². The van der Waals surface area contributed by atoms with Gasteiger partial charge in [0.15, 0.2) is 5.82 Å². The largest absolute Gasteiger partial charge is 0.494 e. The number of aromatic nitrogens is 2. The standard InChI is InChI=1S/C37H54N2O/c1-4-6-7-8-9-10-11-14-17-28-40-36-26-24-34(25-27-36)33-20-22-35(23-21-33)37-38-29-32(30-39-37)19-16-13-12-15-18-31(3)5-2/h20-27,29-31H,4-19,28H2,1-3H3/t31-/m0/s1. The van der Waals surface area contributed by atoms with Gasteiger partial charge in [0.25, 0.3) is 0 Å². The van der Waals surface area contributed by atoms with E-state index in [1.807, 2.05) is 12.4 Å². The molecule has 3 aromatic rings. The van der Waals surface area contributed by atoms with E-state index in [4.69, 9.17) is 4.74 Å². The molecule has 0 N–H and O–H groups in total. The summed E-state index contributed by atoms with van der Waals surface area (Å²) in [5.74, 6) is 2.62. The molecule has 0 aliphatic rings. The Labute approximate surface area is 245 Å². The van der Waals surface area contributed by atoms with Crippen LogP contribution >= 0.6 is 0 Å². The molecule has 0 spiro atoms. The Morgan fingerprint density at radius 3 is 1.75 bits per heavy atom. The third-order valence-electron chi connectivity index (χ3n) is 8.16. The van der Waals surface area contributed by atoms with E-state index < -0.39 is 0 Å². The second kappa shape index (κ2) is 19.4. The summed E-state index contributed by atoms with van der Waals surface area (Å²) < 4.78 is 5.98. The Bertz CT molecular complexity index is 1030. The fraction of sp³-hybridized carbons (Fsp3) is 0.568. The van der Waals surface area contributed by atoms with Crippen molar-refractivity contribution in [3.05, 3.63) is 66.5 Å². The van der Waals surface area contributed by atoms with Gasteiger partial charge in [-0.1, -0.05) is 141 Å². The topological polar surface area (TPSA) is 35.0 Å². The van der Waals surface area contributed by atoms with Crippen molar-refractivity contribution in [3.63, 3.8) is 0 Å². The monoisotopic (exact) mass is 542 g/mol. The van der Waals surface area contributed by atoms with Gasteiger partial charge in [-0.3, -0.25) is 0 Å². The van der Waals surface area contributed by atoms with Gasteiger partial charge >= 0.3 is 0 Å². The Kier molecular flexibility index (Phi) is 15.4. The van der Waals surface area contributed by atoms with E-state index in [2.05, 4.69) is 79.3 Å². The number of rotatable bonds is 21. The van der Waals surface area contributed by atoms with Gasteiger partial charge in [-0.05, 0) is 54.0 Å². The van der Waals surface area contributed by atoms with Gasteiger partial charge in [0.2, 0.25) is 0 Å². The molecule has 0 aliphatic heterocycles. The summed E-state index contributed by atoms with van der Waals surface area (Å²) in [5.41, 5.74) is 4.69. The number of nitrogens with zero attached hydrogens (tertiary/aromatic N) is 2. The second-order valence-corrected chi connectivity index (χ2v) is 11.7. The first-order valence-corrected chi connectivity index (χ1v) is 16.3. The average Bonchev–Trinajstić information content (AvgIpc) is 3.00. The van der Waals surface area contributed by atoms with Crippen LogP contribution in [0.5, 0.6) is 5.75 Å². The molecule has 1 aromatic heterocycles. The van der Waals surface area contributed by atoms with Gasteiger partial charge in [-0.25, -0.2) is 9.97 Å². The van der Waals surface area contributed by atoms with Crippen molar-refractivity contribution in [2.75, 3.05) is 6.61 Å². The molecular weight excluding hydrogens is 488 g/mol. The first-order chi connectivity index (χ1) is 19.7. The Morgan fingerprint density at radius 1 is 0.600 bits per heavy atom. The lowest BCUT2D eigenvalue weighted by molar-refractivity contribution is 0.304. The number of unbranched alkanes of at least 4 members (excludes halogenated alkanes) is 11. The van der Waals surface area contributed by atoms with Crippen molar-refractivity contribution in [2.45, 2.75) is 124 Å². The highest BCUT2D eigenvalue weighted by molar-refractivity contribution is 5.68. The SMILES string of the molecule is CCCCCCCCCCCOc1ccc(-c2ccc(-c3ncc(CCCCCC[C@@H](C)CC)cn3)cc2)cc1. The molecule has 218 valence electrons. The third-order valence-corrected chi connectivity index (χ3v) is 8.16. The molecule has 0 saturated carbocycles. The normalized spacial score (nSPS) is 12.0. The first kappa shape index (κ1) is 31.8. The van der Waals surface area contributed by atoms with Crippen molar-refractivity contribution < 1.29 is 4.74 Å². The lowest BCUT2D eigenvalue weighted by atomic mass is 10.00. The predicted octanol–water partition coefficient (Wildman–Crippen LogP) is 11.3. The highest BCUT2D eigenvalue weighted by Crippen LogP contribution is 2.25. The number of hydrogen-bond acceptors (Lipinski definition) is 3. The predicted molar refractivity (Wildman–Crippen MR) is 172 cm³/mol. The maximum absolute atomic E-state index is 5.98. The summed E-state index contributed by atoms with van der Waals surface area (Å²) >= 11 is 0. The highest BCUT2D eigenvalue weighted by Gasteiger charge is 2.05. The van der Waals surface area contributed by atoms with Gasteiger partial charge in [0, 0.05) is 18.0 Å². The third kappa shape index (κ3) is 12.2. The summed E-state index contributed by atoms with van der Waals surface area (Å²) in [4.78, 5) is 9.30. The zero-order valence-electron chi connectivity index (χ0n) is 25.7. The van der Waals surface area contributed by atoms with E-state index >= 15 is 0 Å². The van der Waals surface area contributed by atoms with Crippen molar-refractivity contribution in [1.29, 1.82) is 0 Å². The number of hydrogen-bond donors (Lipinski definition) is 0. The highest BCUT2D eigenvalue weighted by atomic mass is 16.5. The van der Waals surface area contributed by atoms with Gasteiger partial charge in [-0.15, -0.1) is 0 Å². The van der Waals surface area contributed by atoms with Gasteiger partial charge in [0.1, 0.15) is 5.75 Å². The van der Waals surface area contributed by atoms with Crippen LogP contribution in [0, 0.1) is 5.92 Å². The second-order valence-electron chi connectivity index (χ2n) is 11.7. The molecule has 0 bridgehead atoms. The molecule has 1 heterocycles. The van der Waals surface area contributed by atoms with E-state index in [1.54, 1.807) is 0 Å². The van der Waals surface area contributed by atoms with Crippen molar-refractivity contribution >= 4 is 0 Å². The van der Waals surface area contributed by atoms with E-state index in [1.165, 1.54) is 107 Å². The van der Waals surface area contributed by atoms with Crippen LogP contribution < -0.4 is 4.74 Å².